The quantitative estimate of drug-likeness (QED) is 0.901. The molecular weight excluding hydrogens is 260 g/mol. The highest BCUT2D eigenvalue weighted by atomic mass is 32.2. The van der Waals surface area contributed by atoms with Crippen LogP contribution in [0.25, 0.3) is 10.9 Å². The van der Waals surface area contributed by atoms with E-state index < -0.39 is 9.84 Å². The number of nitrogens with two attached hydrogens (primary N) is 1. The lowest BCUT2D eigenvalue weighted by molar-refractivity contribution is 0.602. The fourth-order valence-corrected chi connectivity index (χ4v) is 2.93. The molecule has 3 N–H and O–H groups in total. The van der Waals surface area contributed by atoms with E-state index in [0.29, 0.717) is 4.90 Å². The maximum atomic E-state index is 11.6. The third kappa shape index (κ3) is 2.98. The summed E-state index contributed by atoms with van der Waals surface area (Å²) in [5.41, 5.74) is 9.02. The monoisotopic (exact) mass is 280 g/mol. The number of aryl methyl sites for hydroxylation is 2. The van der Waals surface area contributed by atoms with Crippen molar-refractivity contribution in [1.29, 1.82) is 0 Å². The summed E-state index contributed by atoms with van der Waals surface area (Å²) in [7, 11) is -3.17. The number of aromatic amines is 1. The van der Waals surface area contributed by atoms with Crippen molar-refractivity contribution in [3.8, 4) is 0 Å². The minimum Gasteiger partial charge on any atom is -0.358 e. The predicted molar refractivity (Wildman–Crippen MR) is 78.1 cm³/mol. The molecule has 0 aliphatic heterocycles. The van der Waals surface area contributed by atoms with E-state index in [1.165, 1.54) is 6.26 Å². The van der Waals surface area contributed by atoms with E-state index in [0.717, 1.165) is 35.0 Å². The summed E-state index contributed by atoms with van der Waals surface area (Å²) in [6.45, 7) is 3.99. The molecule has 2 aromatic rings. The minimum atomic E-state index is -3.17. The zero-order chi connectivity index (χ0) is 14.2. The van der Waals surface area contributed by atoms with Crippen LogP contribution in [0.5, 0.6) is 0 Å². The Bertz CT molecular complexity index is 700. The molecule has 104 valence electrons. The van der Waals surface area contributed by atoms with Gasteiger partial charge in [-0.2, -0.15) is 0 Å². The first-order chi connectivity index (χ1) is 8.79. The number of sulfone groups is 1. The van der Waals surface area contributed by atoms with E-state index in [1.54, 1.807) is 12.1 Å². The molecule has 0 aliphatic rings. The summed E-state index contributed by atoms with van der Waals surface area (Å²) in [6, 6.07) is 5.37. The van der Waals surface area contributed by atoms with Gasteiger partial charge in [-0.15, -0.1) is 0 Å². The van der Waals surface area contributed by atoms with Gasteiger partial charge in [0, 0.05) is 28.9 Å². The molecule has 5 heteroatoms. The van der Waals surface area contributed by atoms with E-state index >= 15 is 0 Å². The highest BCUT2D eigenvalue weighted by Crippen LogP contribution is 2.26. The summed E-state index contributed by atoms with van der Waals surface area (Å²) in [5, 5.41) is 0.987. The van der Waals surface area contributed by atoms with Crippen LogP contribution in [0.15, 0.2) is 23.1 Å². The van der Waals surface area contributed by atoms with Crippen LogP contribution in [0.3, 0.4) is 0 Å². The first-order valence-corrected chi connectivity index (χ1v) is 8.25. The second-order valence-corrected chi connectivity index (χ2v) is 7.24. The largest absolute Gasteiger partial charge is 0.358 e. The molecule has 1 atom stereocenters. The Morgan fingerprint density at radius 3 is 2.63 bits per heavy atom. The topological polar surface area (TPSA) is 76.0 Å². The van der Waals surface area contributed by atoms with Gasteiger partial charge in [-0.3, -0.25) is 0 Å². The summed E-state index contributed by atoms with van der Waals surface area (Å²) in [4.78, 5) is 3.66. The van der Waals surface area contributed by atoms with E-state index in [1.807, 2.05) is 19.9 Å². The highest BCUT2D eigenvalue weighted by Gasteiger charge is 2.13. The van der Waals surface area contributed by atoms with Crippen molar-refractivity contribution < 1.29 is 8.42 Å². The van der Waals surface area contributed by atoms with Gasteiger partial charge in [0.05, 0.1) is 4.90 Å². The van der Waals surface area contributed by atoms with Crippen LogP contribution >= 0.6 is 0 Å². The maximum absolute atomic E-state index is 11.6. The Morgan fingerprint density at radius 1 is 1.37 bits per heavy atom. The van der Waals surface area contributed by atoms with Gasteiger partial charge < -0.3 is 10.7 Å². The van der Waals surface area contributed by atoms with Gasteiger partial charge in [0.15, 0.2) is 9.84 Å². The summed E-state index contributed by atoms with van der Waals surface area (Å²) in [6.07, 6.45) is 2.98. The molecule has 0 saturated heterocycles. The molecule has 1 aromatic carbocycles. The van der Waals surface area contributed by atoms with Gasteiger partial charge in [0.2, 0.25) is 0 Å². The molecule has 0 bridgehead atoms. The average Bonchev–Trinajstić information content (AvgIpc) is 2.59. The Morgan fingerprint density at radius 2 is 2.05 bits per heavy atom. The Balaban J connectivity index is 2.53. The van der Waals surface area contributed by atoms with Gasteiger partial charge in [0.1, 0.15) is 0 Å². The zero-order valence-corrected chi connectivity index (χ0v) is 12.3. The molecule has 0 radical (unpaired) electrons. The maximum Gasteiger partial charge on any atom is 0.175 e. The number of rotatable bonds is 4. The van der Waals surface area contributed by atoms with Crippen LogP contribution in [-0.4, -0.2) is 25.7 Å². The molecule has 0 fully saturated rings. The van der Waals surface area contributed by atoms with Crippen molar-refractivity contribution in [2.24, 2.45) is 5.73 Å². The third-order valence-electron chi connectivity index (χ3n) is 3.37. The normalized spacial score (nSPS) is 13.9. The lowest BCUT2D eigenvalue weighted by atomic mass is 10.0. The van der Waals surface area contributed by atoms with Crippen LogP contribution in [0.1, 0.15) is 24.6 Å². The molecule has 1 unspecified atom stereocenters. The van der Waals surface area contributed by atoms with Gasteiger partial charge in [0.25, 0.3) is 0 Å². The molecule has 4 nitrogen and oxygen atoms in total. The lowest BCUT2D eigenvalue weighted by Crippen LogP contribution is -2.15. The third-order valence-corrected chi connectivity index (χ3v) is 4.48. The SMILES string of the molecule is Cc1[nH]c2ccc(S(C)(=O)=O)cc2c1CCC(C)N. The molecule has 2 rings (SSSR count). The fraction of sp³-hybridized carbons (Fsp3) is 0.429. The molecule has 0 saturated carbocycles. The number of aromatic nitrogens is 1. The predicted octanol–water partition coefficient (Wildman–Crippen LogP) is 2.16. The Kier molecular flexibility index (Phi) is 3.69. The number of fused-ring (bicyclic) bond motifs is 1. The van der Waals surface area contributed by atoms with Gasteiger partial charge in [-0.05, 0) is 50.5 Å². The first kappa shape index (κ1) is 14.1. The number of benzene rings is 1. The van der Waals surface area contributed by atoms with Crippen LogP contribution in [0, 0.1) is 6.92 Å². The van der Waals surface area contributed by atoms with Crippen molar-refractivity contribution >= 4 is 20.7 Å². The minimum absolute atomic E-state index is 0.141. The molecule has 1 heterocycles. The Labute approximate surface area is 113 Å². The van der Waals surface area contributed by atoms with Crippen molar-refractivity contribution in [3.05, 3.63) is 29.5 Å². The molecular formula is C14H20N2O2S. The summed E-state index contributed by atoms with van der Waals surface area (Å²) < 4.78 is 23.3. The van der Waals surface area contributed by atoms with E-state index in [2.05, 4.69) is 4.98 Å². The van der Waals surface area contributed by atoms with Gasteiger partial charge in [-0.25, -0.2) is 8.42 Å². The molecule has 0 aliphatic carbocycles. The van der Waals surface area contributed by atoms with Gasteiger partial charge in [-0.1, -0.05) is 0 Å². The first-order valence-electron chi connectivity index (χ1n) is 6.36. The number of hydrogen-bond donors (Lipinski definition) is 2. The molecule has 0 spiro atoms. The smallest absolute Gasteiger partial charge is 0.175 e. The van der Waals surface area contributed by atoms with Crippen molar-refractivity contribution in [2.75, 3.05) is 6.26 Å². The van der Waals surface area contributed by atoms with Crippen LogP contribution in [0.2, 0.25) is 0 Å². The molecule has 0 amide bonds. The Hall–Kier alpha value is -1.33. The van der Waals surface area contributed by atoms with Crippen molar-refractivity contribution in [2.45, 2.75) is 37.6 Å². The van der Waals surface area contributed by atoms with Crippen LogP contribution < -0.4 is 5.73 Å². The lowest BCUT2D eigenvalue weighted by Gasteiger charge is -2.05. The zero-order valence-electron chi connectivity index (χ0n) is 11.5. The average molecular weight is 280 g/mol. The second-order valence-electron chi connectivity index (χ2n) is 5.22. The van der Waals surface area contributed by atoms with E-state index in [4.69, 9.17) is 5.73 Å². The summed E-state index contributed by atoms with van der Waals surface area (Å²) >= 11 is 0. The second kappa shape index (κ2) is 4.98. The van der Waals surface area contributed by atoms with Gasteiger partial charge >= 0.3 is 0 Å². The van der Waals surface area contributed by atoms with E-state index in [-0.39, 0.29) is 6.04 Å². The fourth-order valence-electron chi connectivity index (χ4n) is 2.29. The molecule has 19 heavy (non-hydrogen) atoms. The highest BCUT2D eigenvalue weighted by molar-refractivity contribution is 7.90. The number of H-pyrrole nitrogens is 1. The summed E-state index contributed by atoms with van der Waals surface area (Å²) in [5.74, 6) is 0. The number of hydrogen-bond acceptors (Lipinski definition) is 3. The number of nitrogens with one attached hydrogen (secondary N) is 1. The van der Waals surface area contributed by atoms with Crippen molar-refractivity contribution in [3.63, 3.8) is 0 Å². The standard InChI is InChI=1S/C14H20N2O2S/c1-9(15)4-6-12-10(2)16-14-7-5-11(8-13(12)14)19(3,17)18/h5,7-9,16H,4,6,15H2,1-3H3. The van der Waals surface area contributed by atoms with E-state index in [9.17, 15) is 8.42 Å². The van der Waals surface area contributed by atoms with Crippen LogP contribution in [-0.2, 0) is 16.3 Å². The van der Waals surface area contributed by atoms with Crippen molar-refractivity contribution in [1.82, 2.24) is 4.98 Å². The van der Waals surface area contributed by atoms with Crippen LogP contribution in [0.4, 0.5) is 0 Å². The molecule has 1 aromatic heterocycles.